The fourth-order valence-electron chi connectivity index (χ4n) is 4.07. The molecule has 0 aromatic heterocycles. The number of hydrogen-bond donors (Lipinski definition) is 3. The van der Waals surface area contributed by atoms with Crippen LogP contribution in [0.15, 0.2) is 30.3 Å². The average Bonchev–Trinajstić information content (AvgIpc) is 3.11. The van der Waals surface area contributed by atoms with E-state index in [1.165, 1.54) is 51.9 Å². The maximum Gasteiger partial charge on any atom is 0.303 e. The molecule has 1 unspecified atom stereocenters. The Balaban J connectivity index is -0.000000446. The monoisotopic (exact) mass is 658 g/mol. The normalized spacial score (nSPS) is 13.1. The molecule has 0 heterocycles. The molecule has 1 fully saturated rings. The van der Waals surface area contributed by atoms with Crippen molar-refractivity contribution in [1.82, 2.24) is 16.0 Å². The highest BCUT2D eigenvalue weighted by Gasteiger charge is 2.27. The quantitative estimate of drug-likeness (QED) is 0.147. The average molecular weight is 658 g/mol. The van der Waals surface area contributed by atoms with E-state index < -0.39 is 29.9 Å². The van der Waals surface area contributed by atoms with Crippen molar-refractivity contribution in [3.05, 3.63) is 35.9 Å². The summed E-state index contributed by atoms with van der Waals surface area (Å²) in [5, 5.41) is 8.45. The number of unbranched alkanes of at least 4 members (excludes halogenated alkanes) is 1. The van der Waals surface area contributed by atoms with E-state index >= 15 is 0 Å². The van der Waals surface area contributed by atoms with Gasteiger partial charge in [0.2, 0.25) is 5.91 Å². The number of carbonyl (C=O) groups is 3. The molecule has 0 aliphatic heterocycles. The summed E-state index contributed by atoms with van der Waals surface area (Å²) in [5.74, 6) is 4.41. The summed E-state index contributed by atoms with van der Waals surface area (Å²) >= 11 is 0. The molecule has 2 amide bonds. The second kappa shape index (κ2) is 38.9. The number of hydrogen-bond acceptors (Lipinski definition) is 5. The molecule has 1 aliphatic rings. The number of likely N-dealkylation sites (N-methyl/N-ethyl adjacent to an activating group) is 1. The second-order valence-corrected chi connectivity index (χ2v) is 10.5. The summed E-state index contributed by atoms with van der Waals surface area (Å²) < 4.78 is 5.17. The third kappa shape index (κ3) is 31.1. The molecule has 7 nitrogen and oxygen atoms in total. The topological polar surface area (TPSA) is 96.5 Å². The van der Waals surface area contributed by atoms with Crippen LogP contribution in [0.1, 0.15) is 139 Å². The van der Waals surface area contributed by atoms with Gasteiger partial charge in [0.15, 0.2) is 6.10 Å². The number of rotatable bonds is 13. The van der Waals surface area contributed by atoms with Crippen LogP contribution in [0.2, 0.25) is 0 Å². The van der Waals surface area contributed by atoms with Crippen LogP contribution < -0.4 is 16.0 Å². The number of amides is 2. The van der Waals surface area contributed by atoms with Gasteiger partial charge in [-0.3, -0.25) is 14.4 Å². The van der Waals surface area contributed by atoms with Gasteiger partial charge in [-0.05, 0) is 24.9 Å². The predicted octanol–water partition coefficient (Wildman–Crippen LogP) is 8.26. The van der Waals surface area contributed by atoms with Gasteiger partial charge < -0.3 is 20.7 Å². The Kier molecular flexibility index (Phi) is 41.8. The molecule has 1 aromatic rings. The maximum atomic E-state index is 12.7. The Bertz CT molecular complexity index is 929. The van der Waals surface area contributed by atoms with Gasteiger partial charge in [-0.2, -0.15) is 0 Å². The summed E-state index contributed by atoms with van der Waals surface area (Å²) in [4.78, 5) is 36.8. The van der Waals surface area contributed by atoms with Gasteiger partial charge in [-0.25, -0.2) is 0 Å². The Morgan fingerprint density at radius 3 is 1.85 bits per heavy atom. The SMILES string of the molecule is C#CCC[C@@H](CNC(=O)C(CC#C)NC(=O)[C@H](Cc1ccccc1)OC(C)=O)NC.CC.CC.CC.CC1CCCCC1.CCCC. The molecule has 0 spiro atoms. The summed E-state index contributed by atoms with van der Waals surface area (Å²) in [6.45, 7) is 20.3. The van der Waals surface area contributed by atoms with E-state index in [9.17, 15) is 14.4 Å². The van der Waals surface area contributed by atoms with Gasteiger partial charge in [-0.1, -0.05) is 138 Å². The van der Waals surface area contributed by atoms with E-state index in [2.05, 4.69) is 48.6 Å². The molecule has 0 bridgehead atoms. The first kappa shape index (κ1) is 50.6. The minimum atomic E-state index is -1.07. The predicted molar refractivity (Wildman–Crippen MR) is 202 cm³/mol. The molecular weight excluding hydrogens is 586 g/mol. The van der Waals surface area contributed by atoms with Crippen LogP contribution in [0.25, 0.3) is 0 Å². The van der Waals surface area contributed by atoms with Crippen LogP contribution in [-0.2, 0) is 25.5 Å². The van der Waals surface area contributed by atoms with Crippen LogP contribution >= 0.6 is 0 Å². The van der Waals surface area contributed by atoms with Crippen molar-refractivity contribution in [2.45, 2.75) is 158 Å². The van der Waals surface area contributed by atoms with Crippen LogP contribution in [0.3, 0.4) is 0 Å². The standard InChI is InChI=1S/C23H29N3O4.C7H14.C4H10.3C2H6/c1-5-7-14-19(24-4)16-25-22(28)20(11-6-2)26-23(29)21(30-17(3)27)15-18-12-9-8-10-13-18;1-7-5-3-2-4-6-7;1-3-4-2;3*1-2/h1-2,8-10,12-13,19-21,24H,7,11,14-16H2,3-4H3,(H,25,28)(H,26,29);7H,2-6H2,1H3;3-4H2,1-2H3;3*1-2H3/t19-,20?,21-;;;;;/m0...../s1. The van der Waals surface area contributed by atoms with Gasteiger partial charge in [0.05, 0.1) is 0 Å². The summed E-state index contributed by atoms with van der Waals surface area (Å²) in [7, 11) is 1.78. The van der Waals surface area contributed by atoms with Gasteiger partial charge >= 0.3 is 5.97 Å². The van der Waals surface area contributed by atoms with Gasteiger partial charge in [0.25, 0.3) is 5.91 Å². The van der Waals surface area contributed by atoms with E-state index in [0.29, 0.717) is 19.4 Å². The molecule has 1 aromatic carbocycles. The molecule has 47 heavy (non-hydrogen) atoms. The van der Waals surface area contributed by atoms with Crippen LogP contribution in [-0.4, -0.2) is 49.6 Å². The van der Waals surface area contributed by atoms with Crippen molar-refractivity contribution in [1.29, 1.82) is 0 Å². The zero-order chi connectivity index (χ0) is 36.9. The highest BCUT2D eigenvalue weighted by atomic mass is 16.5. The Morgan fingerprint density at radius 1 is 0.894 bits per heavy atom. The van der Waals surface area contributed by atoms with Crippen LogP contribution in [0.4, 0.5) is 0 Å². The lowest BCUT2D eigenvalue weighted by molar-refractivity contribution is -0.154. The number of nitrogens with one attached hydrogen (secondary N) is 3. The molecule has 3 atom stereocenters. The van der Waals surface area contributed by atoms with E-state index in [0.717, 1.165) is 11.5 Å². The van der Waals surface area contributed by atoms with Gasteiger partial charge in [-0.15, -0.1) is 24.7 Å². The Hall–Kier alpha value is -3.29. The lowest BCUT2D eigenvalue weighted by Crippen LogP contribution is -2.52. The van der Waals surface area contributed by atoms with Crippen LogP contribution in [0.5, 0.6) is 0 Å². The highest BCUT2D eigenvalue weighted by molar-refractivity contribution is 5.90. The molecule has 270 valence electrons. The number of esters is 1. The van der Waals surface area contributed by atoms with E-state index in [4.69, 9.17) is 17.6 Å². The molecule has 0 saturated heterocycles. The summed E-state index contributed by atoms with van der Waals surface area (Å²) in [6.07, 6.45) is 21.1. The minimum Gasteiger partial charge on any atom is -0.452 e. The van der Waals surface area contributed by atoms with Crippen molar-refractivity contribution < 1.29 is 19.1 Å². The smallest absolute Gasteiger partial charge is 0.303 e. The first-order valence-electron chi connectivity index (χ1n) is 18.1. The number of ether oxygens (including phenoxy) is 1. The third-order valence-corrected chi connectivity index (χ3v) is 6.78. The van der Waals surface area contributed by atoms with Crippen molar-refractivity contribution in [3.8, 4) is 24.7 Å². The third-order valence-electron chi connectivity index (χ3n) is 6.78. The highest BCUT2D eigenvalue weighted by Crippen LogP contribution is 2.22. The molecule has 3 N–H and O–H groups in total. The lowest BCUT2D eigenvalue weighted by Gasteiger charge is -2.22. The molecule has 1 saturated carbocycles. The van der Waals surface area contributed by atoms with E-state index in [1.807, 2.05) is 71.9 Å². The fourth-order valence-corrected chi connectivity index (χ4v) is 4.07. The molecule has 1 aliphatic carbocycles. The second-order valence-electron chi connectivity index (χ2n) is 10.5. The van der Waals surface area contributed by atoms with E-state index in [-0.39, 0.29) is 18.9 Å². The van der Waals surface area contributed by atoms with Crippen molar-refractivity contribution in [2.75, 3.05) is 13.6 Å². The number of terminal acetylenes is 2. The molecule has 2 rings (SSSR count). The van der Waals surface area contributed by atoms with Crippen LogP contribution in [0, 0.1) is 30.6 Å². The maximum absolute atomic E-state index is 12.7. The minimum absolute atomic E-state index is 0.000868. The van der Waals surface area contributed by atoms with Gasteiger partial charge in [0.1, 0.15) is 6.04 Å². The largest absolute Gasteiger partial charge is 0.452 e. The first-order chi connectivity index (χ1) is 22.7. The summed E-state index contributed by atoms with van der Waals surface area (Å²) in [6, 6.07) is 8.20. The molecular formula is C40H71N3O4. The zero-order valence-corrected chi connectivity index (χ0v) is 32.0. The molecule has 0 radical (unpaired) electrons. The van der Waals surface area contributed by atoms with E-state index in [1.54, 1.807) is 7.05 Å². The summed E-state index contributed by atoms with van der Waals surface area (Å²) in [5.41, 5.74) is 0.822. The zero-order valence-electron chi connectivity index (χ0n) is 32.0. The lowest BCUT2D eigenvalue weighted by atomic mass is 9.91. The van der Waals surface area contributed by atoms with Crippen molar-refractivity contribution >= 4 is 17.8 Å². The molecule has 7 heteroatoms. The first-order valence-corrected chi connectivity index (χ1v) is 18.1. The number of benzene rings is 1. The Morgan fingerprint density at radius 2 is 1.45 bits per heavy atom. The van der Waals surface area contributed by atoms with Crippen molar-refractivity contribution in [2.24, 2.45) is 5.92 Å². The van der Waals surface area contributed by atoms with Crippen molar-refractivity contribution in [3.63, 3.8) is 0 Å². The Labute approximate surface area is 290 Å². The fraction of sp³-hybridized carbons (Fsp3) is 0.675. The van der Waals surface area contributed by atoms with Gasteiger partial charge in [0, 0.05) is 38.8 Å². The number of carbonyl (C=O) groups excluding carboxylic acids is 3.